The maximum atomic E-state index is 10.7. The first kappa shape index (κ1) is 11.6. The van der Waals surface area contributed by atoms with Crippen molar-refractivity contribution < 1.29 is 22.9 Å². The molecule has 0 unspecified atom stereocenters. The van der Waals surface area contributed by atoms with Crippen molar-refractivity contribution in [3.05, 3.63) is 29.8 Å². The van der Waals surface area contributed by atoms with Gasteiger partial charge in [0.1, 0.15) is 6.04 Å². The molecule has 0 aliphatic carbocycles. The normalized spacial score (nSPS) is 13.5. The third-order valence-corrected chi connectivity index (χ3v) is 2.67. The lowest BCUT2D eigenvalue weighted by atomic mass is 10.1. The highest BCUT2D eigenvalue weighted by Gasteiger charge is 2.15. The summed E-state index contributed by atoms with van der Waals surface area (Å²) in [5.74, 6) is -1.21. The molecule has 1 atom stereocenters. The Hall–Kier alpha value is -1.44. The molecule has 6 nitrogen and oxygen atoms in total. The molecule has 0 saturated heterocycles. The first-order valence-corrected chi connectivity index (χ1v) is 5.32. The lowest BCUT2D eigenvalue weighted by molar-refractivity contribution is -0.138. The summed E-state index contributed by atoms with van der Waals surface area (Å²) in [6.07, 6.45) is 0. The number of hydrogen-bond acceptors (Lipinski definition) is 4. The molecule has 1 aromatic carbocycles. The molecule has 82 valence electrons. The van der Waals surface area contributed by atoms with Crippen LogP contribution in [0.4, 0.5) is 0 Å². The van der Waals surface area contributed by atoms with Crippen LogP contribution in [0, 0.1) is 0 Å². The minimum Gasteiger partial charge on any atom is -0.480 e. The molecule has 1 aromatic rings. The van der Waals surface area contributed by atoms with Crippen molar-refractivity contribution in [2.24, 2.45) is 5.73 Å². The average molecular weight is 231 g/mol. The summed E-state index contributed by atoms with van der Waals surface area (Å²) in [6, 6.07) is 3.45. The van der Waals surface area contributed by atoms with E-state index in [1.165, 1.54) is 12.1 Å². The molecule has 7 heteroatoms. The number of carbonyl (C=O) groups is 1. The predicted molar refractivity (Wildman–Crippen MR) is 50.8 cm³/mol. The summed E-state index contributed by atoms with van der Waals surface area (Å²) in [4.78, 5) is 10.2. The van der Waals surface area contributed by atoms with Crippen LogP contribution < -0.4 is 5.73 Å². The molecule has 0 aromatic heterocycles. The second-order valence-electron chi connectivity index (χ2n) is 2.86. The zero-order valence-electron chi connectivity index (χ0n) is 7.49. The van der Waals surface area contributed by atoms with Crippen molar-refractivity contribution in [2.45, 2.75) is 10.9 Å². The van der Waals surface area contributed by atoms with Gasteiger partial charge in [0, 0.05) is 0 Å². The molecule has 0 aliphatic rings. The number of carboxylic acids is 1. The van der Waals surface area contributed by atoms with E-state index in [1.807, 2.05) is 0 Å². The highest BCUT2D eigenvalue weighted by atomic mass is 32.2. The Balaban J connectivity index is 3.06. The lowest BCUT2D eigenvalue weighted by Crippen LogP contribution is -2.20. The van der Waals surface area contributed by atoms with Crippen LogP contribution in [-0.4, -0.2) is 24.0 Å². The fraction of sp³-hybridized carbons (Fsp3) is 0.125. The Labute approximate surface area is 86.1 Å². The quantitative estimate of drug-likeness (QED) is 0.631. The van der Waals surface area contributed by atoms with E-state index in [9.17, 15) is 13.2 Å². The van der Waals surface area contributed by atoms with E-state index < -0.39 is 22.1 Å². The number of carboxylic acid groups (broad SMARTS) is 1. The maximum Gasteiger partial charge on any atom is 0.325 e. The van der Waals surface area contributed by atoms with Crippen molar-refractivity contribution in [3.8, 4) is 0 Å². The Morgan fingerprint density at radius 2 is 1.73 bits per heavy atom. The van der Waals surface area contributed by atoms with Crippen LogP contribution >= 0.6 is 0 Å². The molecular weight excluding hydrogens is 222 g/mol. The van der Waals surface area contributed by atoms with Gasteiger partial charge in [-0.3, -0.25) is 9.35 Å². The second kappa shape index (κ2) is 3.97. The van der Waals surface area contributed by atoms with Gasteiger partial charge >= 0.3 is 5.97 Å². The molecule has 0 aliphatic heterocycles. The van der Waals surface area contributed by atoms with Crippen LogP contribution in [0.3, 0.4) is 0 Å². The average Bonchev–Trinajstić information content (AvgIpc) is 2.15. The van der Waals surface area contributed by atoms with Crippen LogP contribution in [0.15, 0.2) is 29.2 Å². The molecule has 1 rings (SSSR count). The first-order chi connectivity index (χ1) is 6.82. The fourth-order valence-corrected chi connectivity index (χ4v) is 1.47. The summed E-state index contributed by atoms with van der Waals surface area (Å²) in [6.45, 7) is 0. The molecule has 0 fully saturated rings. The van der Waals surface area contributed by atoms with E-state index in [2.05, 4.69) is 0 Å². The first-order valence-electron chi connectivity index (χ1n) is 3.88. The smallest absolute Gasteiger partial charge is 0.325 e. The summed E-state index contributed by atoms with van der Waals surface area (Å²) >= 11 is 0. The van der Waals surface area contributed by atoms with E-state index in [1.54, 1.807) is 0 Å². The van der Waals surface area contributed by atoms with Gasteiger partial charge in [-0.1, -0.05) is 12.1 Å². The fourth-order valence-electron chi connectivity index (χ4n) is 0.990. The summed E-state index contributed by atoms with van der Waals surface area (Å²) in [5, 5.41) is 8.57. The van der Waals surface area contributed by atoms with Crippen molar-refractivity contribution in [2.75, 3.05) is 0 Å². The highest BCUT2D eigenvalue weighted by Crippen LogP contribution is 2.14. The molecule has 0 bridgehead atoms. The molecule has 4 N–H and O–H groups in total. The predicted octanol–water partition coefficient (Wildman–Crippen LogP) is 0.0177. The van der Waals surface area contributed by atoms with Crippen molar-refractivity contribution >= 4 is 16.1 Å². The van der Waals surface area contributed by atoms with E-state index in [-0.39, 0.29) is 10.5 Å². The minimum atomic E-state index is -4.25. The summed E-state index contributed by atoms with van der Waals surface area (Å²) < 4.78 is 30.0. The molecule has 0 saturated carbocycles. The van der Waals surface area contributed by atoms with Gasteiger partial charge in [0.2, 0.25) is 0 Å². The molecule has 0 spiro atoms. The maximum absolute atomic E-state index is 10.7. The topological polar surface area (TPSA) is 118 Å². The summed E-state index contributed by atoms with van der Waals surface area (Å²) in [5.41, 5.74) is 5.54. The Morgan fingerprint density at radius 1 is 1.27 bits per heavy atom. The standard InChI is InChI=1S/C8H9NO5S/c9-7(8(10)11)5-1-3-6(4-2-5)15(12,13)14/h1-4,7H,9H2,(H,10,11)(H,12,13,14)/t7-/m1/s1. The lowest BCUT2D eigenvalue weighted by Gasteiger charge is -2.06. The third-order valence-electron chi connectivity index (χ3n) is 1.80. The van der Waals surface area contributed by atoms with Crippen molar-refractivity contribution in [3.63, 3.8) is 0 Å². The van der Waals surface area contributed by atoms with Crippen LogP contribution in [0.5, 0.6) is 0 Å². The Bertz CT molecular complexity index is 464. The highest BCUT2D eigenvalue weighted by molar-refractivity contribution is 7.85. The Kier molecular flexibility index (Phi) is 3.08. The van der Waals surface area contributed by atoms with Gasteiger partial charge in [-0.05, 0) is 17.7 Å². The van der Waals surface area contributed by atoms with Crippen molar-refractivity contribution in [1.82, 2.24) is 0 Å². The molecular formula is C8H9NO5S. The number of hydrogen-bond donors (Lipinski definition) is 3. The van der Waals surface area contributed by atoms with Crippen LogP contribution in [-0.2, 0) is 14.9 Å². The van der Waals surface area contributed by atoms with E-state index in [4.69, 9.17) is 15.4 Å². The van der Waals surface area contributed by atoms with Gasteiger partial charge in [-0.15, -0.1) is 0 Å². The van der Waals surface area contributed by atoms with E-state index in [0.717, 1.165) is 12.1 Å². The van der Waals surface area contributed by atoms with Crippen LogP contribution in [0.2, 0.25) is 0 Å². The zero-order chi connectivity index (χ0) is 11.6. The van der Waals surface area contributed by atoms with Gasteiger partial charge in [0.05, 0.1) is 4.90 Å². The van der Waals surface area contributed by atoms with Crippen LogP contribution in [0.25, 0.3) is 0 Å². The van der Waals surface area contributed by atoms with Crippen molar-refractivity contribution in [1.29, 1.82) is 0 Å². The Morgan fingerprint density at radius 3 is 2.07 bits per heavy atom. The van der Waals surface area contributed by atoms with E-state index >= 15 is 0 Å². The molecule has 0 heterocycles. The second-order valence-corrected chi connectivity index (χ2v) is 4.28. The molecule has 0 amide bonds. The third kappa shape index (κ3) is 2.75. The van der Waals surface area contributed by atoms with Gasteiger partial charge in [-0.25, -0.2) is 0 Å². The van der Waals surface area contributed by atoms with E-state index in [0.29, 0.717) is 0 Å². The van der Waals surface area contributed by atoms with Gasteiger partial charge in [0.25, 0.3) is 10.1 Å². The number of benzene rings is 1. The van der Waals surface area contributed by atoms with Crippen LogP contribution in [0.1, 0.15) is 11.6 Å². The minimum absolute atomic E-state index is 0.259. The number of aliphatic carboxylic acids is 1. The molecule has 0 radical (unpaired) electrons. The number of nitrogens with two attached hydrogens (primary N) is 1. The van der Waals surface area contributed by atoms with Gasteiger partial charge in [0.15, 0.2) is 0 Å². The molecule has 15 heavy (non-hydrogen) atoms. The monoisotopic (exact) mass is 231 g/mol. The van der Waals surface area contributed by atoms with Gasteiger partial charge < -0.3 is 10.8 Å². The SMILES string of the molecule is N[C@@H](C(=O)O)c1ccc(S(=O)(=O)O)cc1. The van der Waals surface area contributed by atoms with Gasteiger partial charge in [-0.2, -0.15) is 8.42 Å². The number of rotatable bonds is 3. The summed E-state index contributed by atoms with van der Waals surface area (Å²) in [7, 11) is -4.25. The zero-order valence-corrected chi connectivity index (χ0v) is 8.31. The largest absolute Gasteiger partial charge is 0.480 e.